The predicted octanol–water partition coefficient (Wildman–Crippen LogP) is 3.41. The number of sulfonamides is 1. The summed E-state index contributed by atoms with van der Waals surface area (Å²) < 4.78 is 39.1. The van der Waals surface area contributed by atoms with Crippen molar-refractivity contribution < 1.29 is 17.6 Å². The summed E-state index contributed by atoms with van der Waals surface area (Å²) in [6.45, 7) is 0. The average molecular weight is 386 g/mol. The number of fused-ring (bicyclic) bond motifs is 1. The molecule has 22 heavy (non-hydrogen) atoms. The standard InChI is InChI=1S/C15H16BrNO4S/c1-20-15-6-5-10(9-12(15)16)22(18,19)17-13-3-2-4-14-11(13)7-8-21-14/h5-9,13,17H,2-4H2,1H3. The Kier molecular flexibility index (Phi) is 4.29. The van der Waals surface area contributed by atoms with E-state index in [0.29, 0.717) is 10.2 Å². The lowest BCUT2D eigenvalue weighted by Crippen LogP contribution is -2.30. The molecule has 0 saturated carbocycles. The molecule has 118 valence electrons. The van der Waals surface area contributed by atoms with Crippen LogP contribution in [0.3, 0.4) is 0 Å². The zero-order chi connectivity index (χ0) is 15.7. The molecule has 0 spiro atoms. The first-order valence-corrected chi connectivity index (χ1v) is 9.21. The molecule has 5 nitrogen and oxygen atoms in total. The minimum atomic E-state index is -3.61. The van der Waals surface area contributed by atoms with Crippen molar-refractivity contribution in [3.05, 3.63) is 46.3 Å². The summed E-state index contributed by atoms with van der Waals surface area (Å²) in [6, 6.07) is 6.30. The summed E-state index contributed by atoms with van der Waals surface area (Å²) in [5, 5.41) is 0. The maximum Gasteiger partial charge on any atom is 0.241 e. The molecule has 1 aliphatic carbocycles. The fourth-order valence-corrected chi connectivity index (χ4v) is 4.65. The van der Waals surface area contributed by atoms with E-state index in [1.54, 1.807) is 18.4 Å². The summed E-state index contributed by atoms with van der Waals surface area (Å²) in [4.78, 5) is 0.204. The topological polar surface area (TPSA) is 68.5 Å². The SMILES string of the molecule is COc1ccc(S(=O)(=O)NC2CCCc3occc32)cc1Br. The van der Waals surface area contributed by atoms with E-state index in [1.165, 1.54) is 13.2 Å². The van der Waals surface area contributed by atoms with Gasteiger partial charge in [-0.2, -0.15) is 0 Å². The molecule has 3 rings (SSSR count). The van der Waals surface area contributed by atoms with E-state index in [-0.39, 0.29) is 10.9 Å². The maximum absolute atomic E-state index is 12.6. The van der Waals surface area contributed by atoms with Gasteiger partial charge in [0.1, 0.15) is 11.5 Å². The second-order valence-corrected chi connectivity index (χ2v) is 7.73. The molecular weight excluding hydrogens is 370 g/mol. The Bertz CT molecular complexity index is 785. The largest absolute Gasteiger partial charge is 0.496 e. The molecule has 0 aliphatic heterocycles. The highest BCUT2D eigenvalue weighted by Crippen LogP contribution is 2.33. The van der Waals surface area contributed by atoms with Crippen LogP contribution in [0.2, 0.25) is 0 Å². The Labute approximate surface area is 137 Å². The van der Waals surface area contributed by atoms with Gasteiger partial charge in [-0.3, -0.25) is 0 Å². The number of aryl methyl sites for hydroxylation is 1. The fourth-order valence-electron chi connectivity index (χ4n) is 2.68. The van der Waals surface area contributed by atoms with Crippen LogP contribution in [-0.4, -0.2) is 15.5 Å². The number of halogens is 1. The Morgan fingerprint density at radius 1 is 1.36 bits per heavy atom. The molecule has 1 atom stereocenters. The molecule has 7 heteroatoms. The van der Waals surface area contributed by atoms with Gasteiger partial charge in [-0.05, 0) is 53.0 Å². The first-order valence-electron chi connectivity index (χ1n) is 6.93. The molecular formula is C15H16BrNO4S. The van der Waals surface area contributed by atoms with Crippen LogP contribution >= 0.6 is 15.9 Å². The number of nitrogens with one attached hydrogen (secondary N) is 1. The lowest BCUT2D eigenvalue weighted by Gasteiger charge is -2.22. The van der Waals surface area contributed by atoms with Gasteiger partial charge in [0.05, 0.1) is 28.8 Å². The minimum absolute atomic E-state index is 0.204. The number of rotatable bonds is 4. The van der Waals surface area contributed by atoms with Crippen molar-refractivity contribution in [1.82, 2.24) is 4.72 Å². The van der Waals surface area contributed by atoms with Crippen LogP contribution in [0.25, 0.3) is 0 Å². The van der Waals surface area contributed by atoms with Crippen LogP contribution < -0.4 is 9.46 Å². The summed E-state index contributed by atoms with van der Waals surface area (Å²) in [5.74, 6) is 1.46. The zero-order valence-electron chi connectivity index (χ0n) is 12.0. The summed E-state index contributed by atoms with van der Waals surface area (Å²) in [6.07, 6.45) is 4.14. The first kappa shape index (κ1) is 15.6. The molecule has 1 unspecified atom stereocenters. The van der Waals surface area contributed by atoms with Gasteiger partial charge >= 0.3 is 0 Å². The van der Waals surface area contributed by atoms with E-state index >= 15 is 0 Å². The highest BCUT2D eigenvalue weighted by atomic mass is 79.9. The van der Waals surface area contributed by atoms with Crippen LogP contribution in [0.1, 0.15) is 30.2 Å². The molecule has 2 aromatic rings. The van der Waals surface area contributed by atoms with Crippen LogP contribution in [0.5, 0.6) is 5.75 Å². The second kappa shape index (κ2) is 6.06. The van der Waals surface area contributed by atoms with Gasteiger partial charge in [-0.1, -0.05) is 0 Å². The van der Waals surface area contributed by atoms with Gasteiger partial charge in [0, 0.05) is 12.0 Å². The maximum atomic E-state index is 12.6. The van der Waals surface area contributed by atoms with E-state index < -0.39 is 10.0 Å². The average Bonchev–Trinajstić information content (AvgIpc) is 2.96. The van der Waals surface area contributed by atoms with E-state index in [4.69, 9.17) is 9.15 Å². The lowest BCUT2D eigenvalue weighted by atomic mass is 9.94. The molecule has 0 amide bonds. The number of furan rings is 1. The van der Waals surface area contributed by atoms with Crippen LogP contribution in [0.15, 0.2) is 44.3 Å². The van der Waals surface area contributed by atoms with Crippen molar-refractivity contribution in [3.8, 4) is 5.75 Å². The Morgan fingerprint density at radius 2 is 2.18 bits per heavy atom. The third-order valence-corrected chi connectivity index (χ3v) is 5.87. The molecule has 0 fully saturated rings. The highest BCUT2D eigenvalue weighted by molar-refractivity contribution is 9.10. The number of benzene rings is 1. The van der Waals surface area contributed by atoms with Gasteiger partial charge < -0.3 is 9.15 Å². The Hall–Kier alpha value is -1.31. The highest BCUT2D eigenvalue weighted by Gasteiger charge is 2.27. The number of hydrogen-bond donors (Lipinski definition) is 1. The molecule has 1 aliphatic rings. The summed E-state index contributed by atoms with van der Waals surface area (Å²) >= 11 is 3.31. The van der Waals surface area contributed by atoms with Crippen LogP contribution in [0, 0.1) is 0 Å². The van der Waals surface area contributed by atoms with Gasteiger partial charge in [0.25, 0.3) is 0 Å². The summed E-state index contributed by atoms with van der Waals surface area (Å²) in [5.41, 5.74) is 0.933. The lowest BCUT2D eigenvalue weighted by molar-refractivity contribution is 0.411. The number of methoxy groups -OCH3 is 1. The predicted molar refractivity (Wildman–Crippen MR) is 85.4 cm³/mol. The smallest absolute Gasteiger partial charge is 0.241 e. The third kappa shape index (κ3) is 2.93. The first-order chi connectivity index (χ1) is 10.5. The van der Waals surface area contributed by atoms with Crippen LogP contribution in [-0.2, 0) is 16.4 Å². The van der Waals surface area contributed by atoms with Crippen molar-refractivity contribution in [2.24, 2.45) is 0 Å². The van der Waals surface area contributed by atoms with Crippen molar-refractivity contribution >= 4 is 26.0 Å². The van der Waals surface area contributed by atoms with Crippen molar-refractivity contribution in [3.63, 3.8) is 0 Å². The van der Waals surface area contributed by atoms with Crippen LogP contribution in [0.4, 0.5) is 0 Å². The quantitative estimate of drug-likeness (QED) is 0.875. The molecule has 1 N–H and O–H groups in total. The zero-order valence-corrected chi connectivity index (χ0v) is 14.4. The van der Waals surface area contributed by atoms with Crippen molar-refractivity contribution in [2.45, 2.75) is 30.2 Å². The molecule has 0 saturated heterocycles. The van der Waals surface area contributed by atoms with Gasteiger partial charge in [-0.15, -0.1) is 0 Å². The van der Waals surface area contributed by atoms with Gasteiger partial charge in [-0.25, -0.2) is 13.1 Å². The Balaban J connectivity index is 1.87. The normalized spacial score (nSPS) is 18.0. The number of ether oxygens (including phenoxy) is 1. The molecule has 1 heterocycles. The second-order valence-electron chi connectivity index (χ2n) is 5.16. The molecule has 1 aromatic carbocycles. The van der Waals surface area contributed by atoms with E-state index in [1.807, 2.05) is 6.07 Å². The van der Waals surface area contributed by atoms with E-state index in [2.05, 4.69) is 20.7 Å². The molecule has 0 bridgehead atoms. The monoisotopic (exact) mass is 385 g/mol. The fraction of sp³-hybridized carbons (Fsp3) is 0.333. The summed E-state index contributed by atoms with van der Waals surface area (Å²) in [7, 11) is -2.07. The van der Waals surface area contributed by atoms with Crippen molar-refractivity contribution in [1.29, 1.82) is 0 Å². The molecule has 1 aromatic heterocycles. The minimum Gasteiger partial charge on any atom is -0.496 e. The third-order valence-electron chi connectivity index (χ3n) is 3.78. The molecule has 0 radical (unpaired) electrons. The van der Waals surface area contributed by atoms with Gasteiger partial charge in [0.15, 0.2) is 0 Å². The Morgan fingerprint density at radius 3 is 2.91 bits per heavy atom. The van der Waals surface area contributed by atoms with Gasteiger partial charge in [0.2, 0.25) is 10.0 Å². The van der Waals surface area contributed by atoms with E-state index in [9.17, 15) is 8.42 Å². The van der Waals surface area contributed by atoms with Crippen molar-refractivity contribution in [2.75, 3.05) is 7.11 Å². The van der Waals surface area contributed by atoms with E-state index in [0.717, 1.165) is 30.6 Å². The number of hydrogen-bond acceptors (Lipinski definition) is 4.